The lowest BCUT2D eigenvalue weighted by Gasteiger charge is -2.29. The molecule has 2 aliphatic rings. The molecule has 0 amide bonds. The largest absolute Gasteiger partial charge is 0.392 e. The Balaban J connectivity index is 1.36. The summed E-state index contributed by atoms with van der Waals surface area (Å²) in [6.45, 7) is 2.43. The first-order valence-corrected chi connectivity index (χ1v) is 8.83. The summed E-state index contributed by atoms with van der Waals surface area (Å²) in [5.74, 6) is 1.26. The highest BCUT2D eigenvalue weighted by atomic mass is 16.5. The molecule has 1 aliphatic heterocycles. The molecule has 2 aromatic rings. The molecule has 1 saturated carbocycles. The number of benzene rings is 1. The Morgan fingerprint density at radius 3 is 2.88 bits per heavy atom. The molecule has 3 atom stereocenters. The second-order valence-corrected chi connectivity index (χ2v) is 6.80. The zero-order valence-electron chi connectivity index (χ0n) is 13.8. The van der Waals surface area contributed by atoms with Crippen molar-refractivity contribution < 1.29 is 9.63 Å². The van der Waals surface area contributed by atoms with Crippen LogP contribution in [-0.2, 0) is 6.54 Å². The van der Waals surface area contributed by atoms with Crippen LogP contribution in [0.25, 0.3) is 11.5 Å². The highest BCUT2D eigenvalue weighted by molar-refractivity contribution is 5.51. The van der Waals surface area contributed by atoms with Crippen LogP contribution in [0, 0.1) is 0 Å². The third kappa shape index (κ3) is 3.36. The molecular formula is C18H24N4O2. The van der Waals surface area contributed by atoms with Crippen LogP contribution in [0.1, 0.15) is 31.5 Å². The topological polar surface area (TPSA) is 74.4 Å². The van der Waals surface area contributed by atoms with Gasteiger partial charge < -0.3 is 14.9 Å². The summed E-state index contributed by atoms with van der Waals surface area (Å²) in [5.41, 5.74) is 0.945. The van der Waals surface area contributed by atoms with Crippen molar-refractivity contribution in [2.24, 2.45) is 0 Å². The lowest BCUT2D eigenvalue weighted by Crippen LogP contribution is -2.46. The van der Waals surface area contributed by atoms with E-state index in [1.54, 1.807) is 0 Å². The third-order valence-corrected chi connectivity index (χ3v) is 5.15. The summed E-state index contributed by atoms with van der Waals surface area (Å²) in [4.78, 5) is 6.91. The molecule has 0 spiro atoms. The van der Waals surface area contributed by atoms with Crippen molar-refractivity contribution in [2.75, 3.05) is 13.1 Å². The van der Waals surface area contributed by atoms with Crippen molar-refractivity contribution in [3.05, 3.63) is 36.2 Å². The summed E-state index contributed by atoms with van der Waals surface area (Å²) in [6, 6.07) is 10.8. The predicted molar refractivity (Wildman–Crippen MR) is 90.2 cm³/mol. The molecule has 0 radical (unpaired) electrons. The standard InChI is InChI=1S/C18H24N4O2/c23-14-9-10-22(12-14)16-8-4-7-15(16)19-11-17-20-18(24-21-17)13-5-2-1-3-6-13/h1-3,5-6,14-16,19,23H,4,7-12H2/t14?,15-,16+/m1/s1. The number of rotatable bonds is 5. The van der Waals surface area contributed by atoms with Crippen LogP contribution in [0.2, 0.25) is 0 Å². The number of nitrogens with zero attached hydrogens (tertiary/aromatic N) is 3. The first kappa shape index (κ1) is 15.7. The van der Waals surface area contributed by atoms with Gasteiger partial charge in [-0.2, -0.15) is 4.98 Å². The molecule has 2 fully saturated rings. The predicted octanol–water partition coefficient (Wildman–Crippen LogP) is 1.81. The van der Waals surface area contributed by atoms with E-state index in [0.717, 1.165) is 25.1 Å². The number of aromatic nitrogens is 2. The lowest BCUT2D eigenvalue weighted by molar-refractivity contribution is 0.149. The monoisotopic (exact) mass is 328 g/mol. The maximum absolute atomic E-state index is 9.77. The number of aliphatic hydroxyl groups is 1. The van der Waals surface area contributed by atoms with E-state index < -0.39 is 0 Å². The Labute approximate surface area is 141 Å². The van der Waals surface area contributed by atoms with Gasteiger partial charge in [0.15, 0.2) is 5.82 Å². The van der Waals surface area contributed by atoms with Crippen molar-refractivity contribution in [3.8, 4) is 11.5 Å². The van der Waals surface area contributed by atoms with Gasteiger partial charge >= 0.3 is 0 Å². The van der Waals surface area contributed by atoms with Gasteiger partial charge in [-0.15, -0.1) is 0 Å². The molecule has 4 rings (SSSR count). The zero-order chi connectivity index (χ0) is 16.4. The number of aliphatic hydroxyl groups excluding tert-OH is 1. The van der Waals surface area contributed by atoms with Crippen molar-refractivity contribution in [3.63, 3.8) is 0 Å². The Bertz CT molecular complexity index is 660. The highest BCUT2D eigenvalue weighted by Crippen LogP contribution is 2.27. The molecule has 6 heteroatoms. The number of nitrogens with one attached hydrogen (secondary N) is 1. The van der Waals surface area contributed by atoms with Crippen LogP contribution in [0.4, 0.5) is 0 Å². The van der Waals surface area contributed by atoms with E-state index in [1.165, 1.54) is 19.3 Å². The number of hydrogen-bond acceptors (Lipinski definition) is 6. The molecule has 128 valence electrons. The summed E-state index contributed by atoms with van der Waals surface area (Å²) in [5, 5.41) is 17.5. The Morgan fingerprint density at radius 2 is 2.08 bits per heavy atom. The molecule has 1 unspecified atom stereocenters. The molecule has 2 heterocycles. The Kier molecular flexibility index (Phi) is 4.60. The van der Waals surface area contributed by atoms with Gasteiger partial charge in [0.1, 0.15) is 0 Å². The molecule has 24 heavy (non-hydrogen) atoms. The minimum Gasteiger partial charge on any atom is -0.392 e. The lowest BCUT2D eigenvalue weighted by atomic mass is 10.1. The van der Waals surface area contributed by atoms with Gasteiger partial charge in [0.25, 0.3) is 5.89 Å². The summed E-state index contributed by atoms with van der Waals surface area (Å²) < 4.78 is 5.36. The van der Waals surface area contributed by atoms with E-state index in [1.807, 2.05) is 30.3 Å². The van der Waals surface area contributed by atoms with Crippen LogP contribution < -0.4 is 5.32 Å². The van der Waals surface area contributed by atoms with E-state index in [-0.39, 0.29) is 6.10 Å². The first-order chi connectivity index (χ1) is 11.8. The molecule has 1 saturated heterocycles. The highest BCUT2D eigenvalue weighted by Gasteiger charge is 2.35. The van der Waals surface area contributed by atoms with Gasteiger partial charge in [-0.1, -0.05) is 29.8 Å². The smallest absolute Gasteiger partial charge is 0.257 e. The molecule has 1 aromatic carbocycles. The zero-order valence-corrected chi connectivity index (χ0v) is 13.8. The number of β-amino-alcohol motifs (C(OH)–C–C–N with tert-alkyl or cyclic N) is 1. The van der Waals surface area contributed by atoms with Crippen molar-refractivity contribution in [1.82, 2.24) is 20.4 Å². The van der Waals surface area contributed by atoms with Crippen molar-refractivity contribution in [2.45, 2.75) is 50.4 Å². The SMILES string of the molecule is OC1CCN([C@H]2CCC[C@H]2NCc2noc(-c3ccccc3)n2)C1. The van der Waals surface area contributed by atoms with Gasteiger partial charge in [-0.05, 0) is 31.4 Å². The number of likely N-dealkylation sites (tertiary alicyclic amines) is 1. The van der Waals surface area contributed by atoms with E-state index in [4.69, 9.17) is 4.52 Å². The minimum absolute atomic E-state index is 0.156. The Morgan fingerprint density at radius 1 is 1.21 bits per heavy atom. The van der Waals surface area contributed by atoms with E-state index >= 15 is 0 Å². The summed E-state index contributed by atoms with van der Waals surface area (Å²) >= 11 is 0. The quantitative estimate of drug-likeness (QED) is 0.872. The minimum atomic E-state index is -0.156. The molecule has 6 nitrogen and oxygen atoms in total. The van der Waals surface area contributed by atoms with Crippen LogP contribution in [0.3, 0.4) is 0 Å². The average Bonchev–Trinajstić information content (AvgIpc) is 3.34. The van der Waals surface area contributed by atoms with Crippen molar-refractivity contribution in [1.29, 1.82) is 0 Å². The van der Waals surface area contributed by atoms with Crippen LogP contribution in [-0.4, -0.2) is 51.4 Å². The van der Waals surface area contributed by atoms with Gasteiger partial charge in [-0.25, -0.2) is 0 Å². The van der Waals surface area contributed by atoms with Gasteiger partial charge in [0.05, 0.1) is 12.6 Å². The molecule has 0 bridgehead atoms. The fourth-order valence-corrected chi connectivity index (χ4v) is 3.93. The normalized spacial score (nSPS) is 27.8. The second kappa shape index (κ2) is 7.01. The van der Waals surface area contributed by atoms with E-state index in [2.05, 4.69) is 20.4 Å². The third-order valence-electron chi connectivity index (χ3n) is 5.15. The van der Waals surface area contributed by atoms with Crippen LogP contribution >= 0.6 is 0 Å². The fourth-order valence-electron chi connectivity index (χ4n) is 3.93. The maximum Gasteiger partial charge on any atom is 0.257 e. The maximum atomic E-state index is 9.77. The van der Waals surface area contributed by atoms with Gasteiger partial charge in [0, 0.05) is 30.7 Å². The average molecular weight is 328 g/mol. The van der Waals surface area contributed by atoms with Gasteiger partial charge in [-0.3, -0.25) is 4.90 Å². The molecule has 1 aliphatic carbocycles. The van der Waals surface area contributed by atoms with Gasteiger partial charge in [0.2, 0.25) is 0 Å². The summed E-state index contributed by atoms with van der Waals surface area (Å²) in [7, 11) is 0. The molecular weight excluding hydrogens is 304 g/mol. The Hall–Kier alpha value is -1.76. The van der Waals surface area contributed by atoms with Crippen LogP contribution in [0.15, 0.2) is 34.9 Å². The van der Waals surface area contributed by atoms with Crippen LogP contribution in [0.5, 0.6) is 0 Å². The van der Waals surface area contributed by atoms with E-state index in [9.17, 15) is 5.11 Å². The molecule has 1 aromatic heterocycles. The second-order valence-electron chi connectivity index (χ2n) is 6.80. The van der Waals surface area contributed by atoms with Crippen molar-refractivity contribution >= 4 is 0 Å². The number of hydrogen-bond donors (Lipinski definition) is 2. The first-order valence-electron chi connectivity index (χ1n) is 8.83. The fraction of sp³-hybridized carbons (Fsp3) is 0.556. The summed E-state index contributed by atoms with van der Waals surface area (Å²) in [6.07, 6.45) is 4.34. The molecule has 2 N–H and O–H groups in total. The van der Waals surface area contributed by atoms with E-state index in [0.29, 0.717) is 30.3 Å².